The van der Waals surface area contributed by atoms with Crippen molar-refractivity contribution in [1.82, 2.24) is 9.97 Å². The number of nitrogens with zero attached hydrogens (tertiary/aromatic N) is 1. The second-order valence-electron chi connectivity index (χ2n) is 3.14. The monoisotopic (exact) mass is 205 g/mol. The number of aromatic nitrogens is 2. The summed E-state index contributed by atoms with van der Waals surface area (Å²) in [5, 5.41) is 2.57. The van der Waals surface area contributed by atoms with Crippen molar-refractivity contribution in [2.24, 2.45) is 5.84 Å². The van der Waals surface area contributed by atoms with Crippen molar-refractivity contribution in [3.8, 4) is 0 Å². The first-order chi connectivity index (χ1) is 7.19. The second-order valence-corrected chi connectivity index (χ2v) is 3.14. The number of H-pyrrole nitrogens is 1. The summed E-state index contributed by atoms with van der Waals surface area (Å²) in [7, 11) is 0. The van der Waals surface area contributed by atoms with Crippen LogP contribution in [0.25, 0.3) is 11.0 Å². The predicted molar refractivity (Wildman–Crippen MR) is 58.2 cm³/mol. The molecule has 0 unspecified atom stereocenters. The maximum absolute atomic E-state index is 10.8. The number of hydrogen-bond donors (Lipinski definition) is 4. The summed E-state index contributed by atoms with van der Waals surface area (Å²) >= 11 is 0. The van der Waals surface area contributed by atoms with Gasteiger partial charge in [-0.25, -0.2) is 4.98 Å². The molecule has 0 aliphatic carbocycles. The molecule has 6 nitrogen and oxygen atoms in total. The summed E-state index contributed by atoms with van der Waals surface area (Å²) in [5.74, 6) is 5.55. The zero-order valence-corrected chi connectivity index (χ0v) is 8.16. The van der Waals surface area contributed by atoms with E-state index in [1.807, 2.05) is 12.1 Å². The number of nitrogen functional groups attached to an aromatic ring is 1. The number of carbonyl (C=O) groups excluding carboxylic acids is 1. The minimum Gasteiger partial charge on any atom is -0.324 e. The Labute approximate surface area is 85.8 Å². The van der Waals surface area contributed by atoms with Gasteiger partial charge in [0.05, 0.1) is 16.7 Å². The Hall–Kier alpha value is -2.08. The van der Waals surface area contributed by atoms with Gasteiger partial charge in [-0.3, -0.25) is 16.0 Å². The molecule has 2 aromatic rings. The minimum atomic E-state index is -0.161. The van der Waals surface area contributed by atoms with E-state index in [0.717, 1.165) is 16.7 Å². The third-order valence-corrected chi connectivity index (χ3v) is 1.94. The SMILES string of the molecule is CC(=O)Nc1nc2ccc(NN)cc2[nH]1. The van der Waals surface area contributed by atoms with Crippen LogP contribution in [0.4, 0.5) is 11.6 Å². The molecule has 15 heavy (non-hydrogen) atoms. The molecule has 5 N–H and O–H groups in total. The number of hydrazine groups is 1. The van der Waals surface area contributed by atoms with Crippen molar-refractivity contribution < 1.29 is 4.79 Å². The van der Waals surface area contributed by atoms with E-state index in [0.29, 0.717) is 5.95 Å². The molecule has 1 aromatic carbocycles. The normalized spacial score (nSPS) is 10.3. The van der Waals surface area contributed by atoms with Gasteiger partial charge in [-0.05, 0) is 18.2 Å². The quantitative estimate of drug-likeness (QED) is 0.431. The fraction of sp³-hybridized carbons (Fsp3) is 0.111. The third-order valence-electron chi connectivity index (χ3n) is 1.94. The van der Waals surface area contributed by atoms with Gasteiger partial charge in [0, 0.05) is 6.92 Å². The van der Waals surface area contributed by atoms with Gasteiger partial charge < -0.3 is 10.4 Å². The molecular formula is C9H11N5O. The maximum atomic E-state index is 10.8. The van der Waals surface area contributed by atoms with Crippen molar-refractivity contribution in [2.75, 3.05) is 10.7 Å². The molecular weight excluding hydrogens is 194 g/mol. The van der Waals surface area contributed by atoms with Crippen molar-refractivity contribution in [1.29, 1.82) is 0 Å². The lowest BCUT2D eigenvalue weighted by atomic mass is 10.3. The molecule has 0 saturated carbocycles. The van der Waals surface area contributed by atoms with Gasteiger partial charge >= 0.3 is 0 Å². The predicted octanol–water partition coefficient (Wildman–Crippen LogP) is 0.807. The average Bonchev–Trinajstić information content (AvgIpc) is 2.57. The number of fused-ring (bicyclic) bond motifs is 1. The van der Waals surface area contributed by atoms with Crippen LogP contribution in [0.15, 0.2) is 18.2 Å². The van der Waals surface area contributed by atoms with Crippen molar-refractivity contribution in [2.45, 2.75) is 6.92 Å². The van der Waals surface area contributed by atoms with Crippen LogP contribution in [0, 0.1) is 0 Å². The maximum Gasteiger partial charge on any atom is 0.223 e. The number of amides is 1. The molecule has 0 fully saturated rings. The van der Waals surface area contributed by atoms with E-state index >= 15 is 0 Å². The standard InChI is InChI=1S/C9H11N5O/c1-5(15)11-9-12-7-3-2-6(14-10)4-8(7)13-9/h2-4,14H,10H2,1H3,(H2,11,12,13,15). The highest BCUT2D eigenvalue weighted by molar-refractivity contribution is 5.89. The molecule has 6 heteroatoms. The number of nitrogens with one attached hydrogen (secondary N) is 3. The lowest BCUT2D eigenvalue weighted by Crippen LogP contribution is -2.06. The Morgan fingerprint density at radius 3 is 3.00 bits per heavy atom. The molecule has 0 radical (unpaired) electrons. The van der Waals surface area contributed by atoms with Crippen molar-refractivity contribution in [3.63, 3.8) is 0 Å². The number of hydrogen-bond acceptors (Lipinski definition) is 4. The molecule has 1 heterocycles. The van der Waals surface area contributed by atoms with Crippen LogP contribution in [-0.2, 0) is 4.79 Å². The molecule has 0 spiro atoms. The Balaban J connectivity index is 2.42. The van der Waals surface area contributed by atoms with Gasteiger partial charge in [-0.15, -0.1) is 0 Å². The topological polar surface area (TPSA) is 95.8 Å². The lowest BCUT2D eigenvalue weighted by molar-refractivity contribution is -0.114. The van der Waals surface area contributed by atoms with E-state index in [2.05, 4.69) is 20.7 Å². The Bertz CT molecular complexity index is 504. The van der Waals surface area contributed by atoms with E-state index in [9.17, 15) is 4.79 Å². The summed E-state index contributed by atoms with van der Waals surface area (Å²) in [5.41, 5.74) is 4.90. The van der Waals surface area contributed by atoms with Crippen LogP contribution in [0.5, 0.6) is 0 Å². The molecule has 1 aromatic heterocycles. The fourth-order valence-electron chi connectivity index (χ4n) is 1.33. The Morgan fingerprint density at radius 2 is 2.33 bits per heavy atom. The lowest BCUT2D eigenvalue weighted by Gasteiger charge is -1.96. The number of benzene rings is 1. The van der Waals surface area contributed by atoms with Crippen LogP contribution in [-0.4, -0.2) is 15.9 Å². The summed E-state index contributed by atoms with van der Waals surface area (Å²) in [6.07, 6.45) is 0. The fourth-order valence-corrected chi connectivity index (χ4v) is 1.33. The van der Waals surface area contributed by atoms with Crippen LogP contribution < -0.4 is 16.6 Å². The van der Waals surface area contributed by atoms with Crippen LogP contribution in [0.1, 0.15) is 6.92 Å². The van der Waals surface area contributed by atoms with E-state index in [1.165, 1.54) is 6.92 Å². The molecule has 0 saturated heterocycles. The van der Waals surface area contributed by atoms with Gasteiger partial charge in [-0.2, -0.15) is 0 Å². The molecule has 0 atom stereocenters. The zero-order chi connectivity index (χ0) is 10.8. The Kier molecular flexibility index (Phi) is 2.26. The van der Waals surface area contributed by atoms with Gasteiger partial charge in [0.25, 0.3) is 0 Å². The van der Waals surface area contributed by atoms with Gasteiger partial charge in [0.1, 0.15) is 0 Å². The molecule has 0 aliphatic rings. The number of nitrogens with two attached hydrogens (primary N) is 1. The molecule has 2 rings (SSSR count). The first-order valence-corrected chi connectivity index (χ1v) is 4.43. The largest absolute Gasteiger partial charge is 0.324 e. The minimum absolute atomic E-state index is 0.161. The number of imidazole rings is 1. The number of carbonyl (C=O) groups is 1. The molecule has 0 aliphatic heterocycles. The first-order valence-electron chi connectivity index (χ1n) is 4.43. The average molecular weight is 205 g/mol. The summed E-state index contributed by atoms with van der Waals surface area (Å²) < 4.78 is 0. The highest BCUT2D eigenvalue weighted by atomic mass is 16.1. The highest BCUT2D eigenvalue weighted by Crippen LogP contribution is 2.18. The van der Waals surface area contributed by atoms with Gasteiger partial charge in [0.15, 0.2) is 0 Å². The van der Waals surface area contributed by atoms with E-state index in [-0.39, 0.29) is 5.91 Å². The molecule has 1 amide bonds. The molecule has 0 bridgehead atoms. The summed E-state index contributed by atoms with van der Waals surface area (Å²) in [4.78, 5) is 17.9. The third kappa shape index (κ3) is 1.89. The van der Waals surface area contributed by atoms with Crippen LogP contribution in [0.2, 0.25) is 0 Å². The smallest absolute Gasteiger partial charge is 0.223 e. The van der Waals surface area contributed by atoms with E-state index in [4.69, 9.17) is 5.84 Å². The van der Waals surface area contributed by atoms with Crippen LogP contribution in [0.3, 0.4) is 0 Å². The second kappa shape index (κ2) is 3.58. The molecule has 78 valence electrons. The summed E-state index contributed by atoms with van der Waals surface area (Å²) in [6, 6.07) is 5.43. The van der Waals surface area contributed by atoms with Crippen LogP contribution >= 0.6 is 0 Å². The number of aromatic amines is 1. The van der Waals surface area contributed by atoms with E-state index < -0.39 is 0 Å². The van der Waals surface area contributed by atoms with E-state index in [1.54, 1.807) is 6.07 Å². The highest BCUT2D eigenvalue weighted by Gasteiger charge is 2.03. The Morgan fingerprint density at radius 1 is 1.53 bits per heavy atom. The first kappa shape index (κ1) is 9.47. The van der Waals surface area contributed by atoms with Gasteiger partial charge in [0.2, 0.25) is 11.9 Å². The number of anilines is 2. The number of rotatable bonds is 2. The van der Waals surface area contributed by atoms with Crippen molar-refractivity contribution in [3.05, 3.63) is 18.2 Å². The van der Waals surface area contributed by atoms with Gasteiger partial charge in [-0.1, -0.05) is 0 Å². The van der Waals surface area contributed by atoms with Crippen molar-refractivity contribution >= 4 is 28.6 Å². The summed E-state index contributed by atoms with van der Waals surface area (Å²) in [6.45, 7) is 1.43. The zero-order valence-electron chi connectivity index (χ0n) is 8.16.